The molecule has 0 radical (unpaired) electrons. The Kier molecular flexibility index (Phi) is 2.88. The highest BCUT2D eigenvalue weighted by atomic mass is 15.0. The SMILES string of the molecule is Cc1ccc2c(c1)C1C=CCC1C(c1ccccc1C)N2. The Labute approximate surface area is 126 Å². The number of allylic oxidation sites excluding steroid dienone is 2. The van der Waals surface area contributed by atoms with Crippen LogP contribution >= 0.6 is 0 Å². The summed E-state index contributed by atoms with van der Waals surface area (Å²) in [6, 6.07) is 16.0. The summed E-state index contributed by atoms with van der Waals surface area (Å²) in [5, 5.41) is 3.81. The van der Waals surface area contributed by atoms with Crippen LogP contribution in [0.5, 0.6) is 0 Å². The third-order valence-electron chi connectivity index (χ3n) is 5.04. The largest absolute Gasteiger partial charge is 0.378 e. The highest BCUT2D eigenvalue weighted by Gasteiger charge is 2.38. The molecule has 3 atom stereocenters. The summed E-state index contributed by atoms with van der Waals surface area (Å²) in [5.74, 6) is 1.20. The van der Waals surface area contributed by atoms with Crippen molar-refractivity contribution in [2.24, 2.45) is 5.92 Å². The van der Waals surface area contributed by atoms with Crippen molar-refractivity contribution in [1.29, 1.82) is 0 Å². The molecule has 1 heteroatoms. The van der Waals surface area contributed by atoms with Gasteiger partial charge in [-0.1, -0.05) is 54.1 Å². The van der Waals surface area contributed by atoms with E-state index in [4.69, 9.17) is 0 Å². The first-order valence-corrected chi connectivity index (χ1v) is 7.83. The molecule has 1 heterocycles. The van der Waals surface area contributed by atoms with Gasteiger partial charge in [-0.25, -0.2) is 0 Å². The quantitative estimate of drug-likeness (QED) is 0.711. The minimum atomic E-state index is 0.418. The second-order valence-electron chi connectivity index (χ2n) is 6.42. The van der Waals surface area contributed by atoms with Crippen LogP contribution in [0, 0.1) is 19.8 Å². The maximum atomic E-state index is 3.81. The van der Waals surface area contributed by atoms with E-state index in [1.807, 2.05) is 0 Å². The van der Waals surface area contributed by atoms with Crippen LogP contribution in [0.15, 0.2) is 54.6 Å². The molecular formula is C20H21N. The zero-order valence-electron chi connectivity index (χ0n) is 12.6. The van der Waals surface area contributed by atoms with Gasteiger partial charge in [-0.15, -0.1) is 0 Å². The summed E-state index contributed by atoms with van der Waals surface area (Å²) in [6.45, 7) is 4.40. The van der Waals surface area contributed by atoms with Gasteiger partial charge in [0.15, 0.2) is 0 Å². The third-order valence-corrected chi connectivity index (χ3v) is 5.04. The van der Waals surface area contributed by atoms with Gasteiger partial charge in [0.25, 0.3) is 0 Å². The lowest BCUT2D eigenvalue weighted by Gasteiger charge is -2.38. The Morgan fingerprint density at radius 1 is 1.00 bits per heavy atom. The molecule has 0 amide bonds. The van der Waals surface area contributed by atoms with Gasteiger partial charge in [0.05, 0.1) is 6.04 Å². The van der Waals surface area contributed by atoms with Gasteiger partial charge in [0.1, 0.15) is 0 Å². The van der Waals surface area contributed by atoms with E-state index in [0.29, 0.717) is 17.9 Å². The van der Waals surface area contributed by atoms with Crippen molar-refractivity contribution in [1.82, 2.24) is 0 Å². The molecule has 21 heavy (non-hydrogen) atoms. The lowest BCUT2D eigenvalue weighted by atomic mass is 9.76. The minimum absolute atomic E-state index is 0.418. The zero-order chi connectivity index (χ0) is 14.4. The van der Waals surface area contributed by atoms with Crippen molar-refractivity contribution in [3.63, 3.8) is 0 Å². The molecule has 1 nitrogen and oxygen atoms in total. The van der Waals surface area contributed by atoms with Gasteiger partial charge < -0.3 is 5.32 Å². The van der Waals surface area contributed by atoms with Gasteiger partial charge in [-0.05, 0) is 48.9 Å². The Hall–Kier alpha value is -2.02. The van der Waals surface area contributed by atoms with Crippen molar-refractivity contribution in [3.8, 4) is 0 Å². The second-order valence-corrected chi connectivity index (χ2v) is 6.42. The van der Waals surface area contributed by atoms with Gasteiger partial charge in [-0.3, -0.25) is 0 Å². The number of aryl methyl sites for hydroxylation is 2. The van der Waals surface area contributed by atoms with Crippen molar-refractivity contribution >= 4 is 5.69 Å². The zero-order valence-corrected chi connectivity index (χ0v) is 12.6. The van der Waals surface area contributed by atoms with E-state index >= 15 is 0 Å². The van der Waals surface area contributed by atoms with E-state index < -0.39 is 0 Å². The van der Waals surface area contributed by atoms with Crippen LogP contribution in [0.1, 0.15) is 40.6 Å². The van der Waals surface area contributed by atoms with Crippen molar-refractivity contribution in [2.45, 2.75) is 32.2 Å². The van der Waals surface area contributed by atoms with Crippen molar-refractivity contribution < 1.29 is 0 Å². The topological polar surface area (TPSA) is 12.0 Å². The summed E-state index contributed by atoms with van der Waals surface area (Å²) in [5.41, 5.74) is 6.96. The molecular weight excluding hydrogens is 254 g/mol. The van der Waals surface area contributed by atoms with Gasteiger partial charge >= 0.3 is 0 Å². The highest BCUT2D eigenvalue weighted by Crippen LogP contribution is 2.50. The van der Waals surface area contributed by atoms with Crippen molar-refractivity contribution in [3.05, 3.63) is 76.9 Å². The van der Waals surface area contributed by atoms with Crippen molar-refractivity contribution in [2.75, 3.05) is 5.32 Å². The van der Waals surface area contributed by atoms with Crippen LogP contribution < -0.4 is 5.32 Å². The standard InChI is InChI=1S/C20H21N/c1-13-10-11-19-18(12-13)16-8-5-9-17(16)20(21-19)15-7-4-3-6-14(15)2/h3-8,10-12,16-17,20-21H,9H2,1-2H3. The molecule has 2 aromatic carbocycles. The molecule has 2 aliphatic rings. The van der Waals surface area contributed by atoms with E-state index in [-0.39, 0.29) is 0 Å². The fourth-order valence-electron chi connectivity index (χ4n) is 3.96. The maximum Gasteiger partial charge on any atom is 0.0556 e. The number of anilines is 1. The number of hydrogen-bond donors (Lipinski definition) is 1. The van der Waals surface area contributed by atoms with Crippen LogP contribution in [0.25, 0.3) is 0 Å². The first-order chi connectivity index (χ1) is 10.2. The van der Waals surface area contributed by atoms with Crippen LogP contribution in [-0.2, 0) is 0 Å². The molecule has 106 valence electrons. The van der Waals surface area contributed by atoms with Crippen LogP contribution in [0.4, 0.5) is 5.69 Å². The molecule has 0 saturated carbocycles. The minimum Gasteiger partial charge on any atom is -0.378 e. The molecule has 0 saturated heterocycles. The number of benzene rings is 2. The summed E-state index contributed by atoms with van der Waals surface area (Å²) < 4.78 is 0. The van der Waals surface area contributed by atoms with E-state index in [1.54, 1.807) is 0 Å². The molecule has 0 aromatic heterocycles. The average Bonchev–Trinajstić information content (AvgIpc) is 2.97. The molecule has 0 bridgehead atoms. The maximum absolute atomic E-state index is 3.81. The third kappa shape index (κ3) is 1.99. The molecule has 0 spiro atoms. The van der Waals surface area contributed by atoms with Gasteiger partial charge in [0, 0.05) is 11.6 Å². The summed E-state index contributed by atoms with van der Waals surface area (Å²) in [7, 11) is 0. The fourth-order valence-corrected chi connectivity index (χ4v) is 3.96. The van der Waals surface area contributed by atoms with E-state index in [1.165, 1.54) is 34.4 Å². The average molecular weight is 275 g/mol. The van der Waals surface area contributed by atoms with Crippen LogP contribution in [0.2, 0.25) is 0 Å². The number of hydrogen-bond acceptors (Lipinski definition) is 1. The monoisotopic (exact) mass is 275 g/mol. The van der Waals surface area contributed by atoms with E-state index in [0.717, 1.165) is 0 Å². The summed E-state index contributed by atoms with van der Waals surface area (Å²) >= 11 is 0. The Balaban J connectivity index is 1.82. The van der Waals surface area contributed by atoms with E-state index in [2.05, 4.69) is 73.8 Å². The Morgan fingerprint density at radius 3 is 2.71 bits per heavy atom. The summed E-state index contributed by atoms with van der Waals surface area (Å²) in [6.07, 6.45) is 5.94. The normalized spacial score (nSPS) is 26.1. The fraction of sp³-hybridized carbons (Fsp3) is 0.300. The molecule has 3 unspecified atom stereocenters. The van der Waals surface area contributed by atoms with Gasteiger partial charge in [-0.2, -0.15) is 0 Å². The molecule has 2 aromatic rings. The molecule has 4 rings (SSSR count). The molecule has 0 fully saturated rings. The molecule has 1 aliphatic carbocycles. The Morgan fingerprint density at radius 2 is 1.86 bits per heavy atom. The van der Waals surface area contributed by atoms with Crippen LogP contribution in [0.3, 0.4) is 0 Å². The summed E-state index contributed by atoms with van der Waals surface area (Å²) in [4.78, 5) is 0. The lowest BCUT2D eigenvalue weighted by Crippen LogP contribution is -2.29. The first kappa shape index (κ1) is 12.7. The molecule has 1 N–H and O–H groups in total. The predicted molar refractivity (Wildman–Crippen MR) is 88.7 cm³/mol. The number of rotatable bonds is 1. The van der Waals surface area contributed by atoms with E-state index in [9.17, 15) is 0 Å². The molecule has 1 aliphatic heterocycles. The predicted octanol–water partition coefficient (Wildman–Crippen LogP) is 5.13. The Bertz CT molecular complexity index is 714. The lowest BCUT2D eigenvalue weighted by molar-refractivity contribution is 0.424. The second kappa shape index (κ2) is 4.77. The van der Waals surface area contributed by atoms with Gasteiger partial charge in [0.2, 0.25) is 0 Å². The smallest absolute Gasteiger partial charge is 0.0556 e. The first-order valence-electron chi connectivity index (χ1n) is 7.83. The van der Waals surface area contributed by atoms with Crippen LogP contribution in [-0.4, -0.2) is 0 Å². The highest BCUT2D eigenvalue weighted by molar-refractivity contribution is 5.61. The number of fused-ring (bicyclic) bond motifs is 3. The number of nitrogens with one attached hydrogen (secondary N) is 1.